The largest absolute Gasteiger partial charge is 0.387 e. The number of hydrogen-bond donors (Lipinski definition) is 5. The van der Waals surface area contributed by atoms with Crippen LogP contribution in [0.15, 0.2) is 30.0 Å². The van der Waals surface area contributed by atoms with E-state index in [0.717, 1.165) is 23.4 Å². The van der Waals surface area contributed by atoms with E-state index in [9.17, 15) is 23.7 Å². The maximum Gasteiger partial charge on any atom is 0.386 e. The fraction of sp³-hybridized carbons (Fsp3) is 0.476. The highest BCUT2D eigenvalue weighted by Crippen LogP contribution is 2.58. The molecule has 3 fully saturated rings. The topological polar surface area (TPSA) is 233 Å². The second-order valence-corrected chi connectivity index (χ2v) is 15.8. The summed E-state index contributed by atoms with van der Waals surface area (Å²) in [6.45, 7) is -10.1. The van der Waals surface area contributed by atoms with Crippen molar-refractivity contribution in [1.82, 2.24) is 34.1 Å². The molecule has 7 rings (SSSR count). The second kappa shape index (κ2) is 11.4. The number of anilines is 1. The van der Waals surface area contributed by atoms with E-state index in [0.29, 0.717) is 0 Å². The van der Waals surface area contributed by atoms with E-state index < -0.39 is 92.6 Å². The van der Waals surface area contributed by atoms with E-state index in [1.165, 1.54) is 10.9 Å². The van der Waals surface area contributed by atoms with Crippen molar-refractivity contribution in [2.45, 2.75) is 49.1 Å². The first-order chi connectivity index (χ1) is 21.3. The Hall–Kier alpha value is -2.46. The number of alkyl halides is 1. The number of nitrogens with two attached hydrogens (primary N) is 1. The third kappa shape index (κ3) is 5.51. The summed E-state index contributed by atoms with van der Waals surface area (Å²) in [5, 5.41) is 10.7. The number of rotatable bonds is 2. The van der Waals surface area contributed by atoms with Crippen LogP contribution in [-0.2, 0) is 43.9 Å². The highest BCUT2D eigenvalue weighted by Gasteiger charge is 2.53. The van der Waals surface area contributed by atoms with Crippen LogP contribution in [0.4, 0.5) is 14.6 Å². The molecule has 3 saturated heterocycles. The third-order valence-corrected chi connectivity index (χ3v) is 10.6. The number of nitrogens with zero attached hydrogens (tertiary/aromatic N) is 6. The number of hydrogen-bond acceptors (Lipinski definition) is 15. The predicted molar refractivity (Wildman–Crippen MR) is 154 cm³/mol. The summed E-state index contributed by atoms with van der Waals surface area (Å²) in [7, 11) is 0. The summed E-state index contributed by atoms with van der Waals surface area (Å²) >= 11 is 9.16. The summed E-state index contributed by atoms with van der Waals surface area (Å²) in [6, 6.07) is 0. The van der Waals surface area contributed by atoms with Gasteiger partial charge >= 0.3 is 13.5 Å². The maximum absolute atomic E-state index is 16.0. The van der Waals surface area contributed by atoms with Crippen molar-refractivity contribution in [3.05, 3.63) is 41.3 Å². The molecule has 0 spiro atoms. The van der Waals surface area contributed by atoms with Gasteiger partial charge in [0.05, 0.1) is 25.9 Å². The van der Waals surface area contributed by atoms with E-state index in [1.807, 2.05) is 0 Å². The fourth-order valence-electron chi connectivity index (χ4n) is 5.37. The van der Waals surface area contributed by atoms with Crippen LogP contribution in [0.25, 0.3) is 22.2 Å². The Balaban J connectivity index is 1.21. The van der Waals surface area contributed by atoms with E-state index in [-0.39, 0.29) is 22.6 Å². The number of imidazole rings is 1. The van der Waals surface area contributed by atoms with Crippen LogP contribution < -0.4 is 11.3 Å². The van der Waals surface area contributed by atoms with Crippen LogP contribution in [0.2, 0.25) is 0 Å². The number of aliphatic hydroxyl groups excluding tert-OH is 1. The molecule has 10 unspecified atom stereocenters. The average molecular weight is 711 g/mol. The molecule has 4 aromatic rings. The quantitative estimate of drug-likeness (QED) is 0.143. The van der Waals surface area contributed by atoms with E-state index in [1.54, 1.807) is 0 Å². The van der Waals surface area contributed by atoms with Gasteiger partial charge in [0.15, 0.2) is 41.6 Å². The second-order valence-electron chi connectivity index (χ2n) is 10.1. The van der Waals surface area contributed by atoms with Crippen molar-refractivity contribution in [3.63, 3.8) is 0 Å². The molecule has 2 bridgehead atoms. The van der Waals surface area contributed by atoms with Crippen LogP contribution in [0.3, 0.4) is 0 Å². The van der Waals surface area contributed by atoms with Crippen molar-refractivity contribution >= 4 is 65.6 Å². The lowest BCUT2D eigenvalue weighted by atomic mass is 10.1. The Morgan fingerprint density at radius 3 is 2.62 bits per heavy atom. The predicted octanol–water partition coefficient (Wildman–Crippen LogP) is 0.851. The molecule has 0 amide bonds. The first-order valence-electron chi connectivity index (χ1n) is 12.9. The highest BCUT2D eigenvalue weighted by atomic mass is 32.7. The molecule has 4 aromatic heterocycles. The molecule has 0 aliphatic carbocycles. The van der Waals surface area contributed by atoms with Crippen molar-refractivity contribution in [2.24, 2.45) is 0 Å². The summed E-state index contributed by atoms with van der Waals surface area (Å²) in [4.78, 5) is 41.5. The van der Waals surface area contributed by atoms with Crippen LogP contribution in [-0.4, -0.2) is 94.0 Å². The van der Waals surface area contributed by atoms with Crippen molar-refractivity contribution in [3.8, 4) is 0 Å². The fourth-order valence-corrected chi connectivity index (χ4v) is 8.27. The molecule has 0 radical (unpaired) electrons. The smallest absolute Gasteiger partial charge is 0.386 e. The third-order valence-electron chi connectivity index (χ3n) is 7.40. The molecular formula is C21H22F2N8O10P2S2. The number of ether oxygens (including phenoxy) is 2. The molecule has 0 aromatic carbocycles. The lowest BCUT2D eigenvalue weighted by Gasteiger charge is -2.27. The van der Waals surface area contributed by atoms with Gasteiger partial charge in [-0.05, 0) is 11.8 Å². The van der Waals surface area contributed by atoms with E-state index >= 15 is 4.39 Å². The van der Waals surface area contributed by atoms with Gasteiger partial charge in [-0.2, -0.15) is 0 Å². The maximum atomic E-state index is 16.0. The summed E-state index contributed by atoms with van der Waals surface area (Å²) < 4.78 is 80.1. The molecule has 45 heavy (non-hydrogen) atoms. The molecular weight excluding hydrogens is 688 g/mol. The summed E-state index contributed by atoms with van der Waals surface area (Å²) in [5.74, 6) is -0.922. The van der Waals surface area contributed by atoms with Crippen molar-refractivity contribution in [2.75, 3.05) is 18.9 Å². The Bertz CT molecular complexity index is 1950. The molecule has 18 nitrogen and oxygen atoms in total. The number of aliphatic hydroxyl groups is 1. The van der Waals surface area contributed by atoms with Crippen molar-refractivity contribution in [1.29, 1.82) is 0 Å². The van der Waals surface area contributed by atoms with Gasteiger partial charge in [-0.25, -0.2) is 33.3 Å². The molecule has 3 aliphatic rings. The lowest BCUT2D eigenvalue weighted by molar-refractivity contribution is -0.0586. The molecule has 5 N–H and O–H groups in total. The molecule has 0 saturated carbocycles. The average Bonchev–Trinajstić information content (AvgIpc) is 3.71. The van der Waals surface area contributed by atoms with Gasteiger partial charge in [0.1, 0.15) is 47.8 Å². The Kier molecular flexibility index (Phi) is 7.86. The first-order valence-corrected chi connectivity index (χ1v) is 18.2. The van der Waals surface area contributed by atoms with Crippen LogP contribution in [0.5, 0.6) is 0 Å². The zero-order valence-corrected chi connectivity index (χ0v) is 25.8. The van der Waals surface area contributed by atoms with E-state index in [4.69, 9.17) is 45.1 Å². The molecule has 10 atom stereocenters. The number of fused-ring (bicyclic) bond motifs is 5. The number of aromatic amines is 1. The van der Waals surface area contributed by atoms with Crippen LogP contribution >= 0.6 is 25.8 Å². The monoisotopic (exact) mass is 710 g/mol. The minimum absolute atomic E-state index is 0.0382. The number of halogens is 2. The number of nitrogens with one attached hydrogen (secondary N) is 1. The summed E-state index contributed by atoms with van der Waals surface area (Å²) in [6.07, 6.45) is -8.28. The Morgan fingerprint density at radius 2 is 1.82 bits per heavy atom. The van der Waals surface area contributed by atoms with Gasteiger partial charge in [-0.1, -0.05) is 12.2 Å². The first kappa shape index (κ1) is 31.2. The van der Waals surface area contributed by atoms with E-state index in [2.05, 4.69) is 37.2 Å². The zero-order chi connectivity index (χ0) is 31.8. The van der Waals surface area contributed by atoms with Gasteiger partial charge in [0.2, 0.25) is 0 Å². The SMILES string of the molecule is Nc1ncnc2c1ncn2C1OC2COP(O)(=S)OC3C(O)C(COP(=O)(S)OC2C1F)OC3n1cc(F)c2c(=O)[nH]cnc21. The van der Waals surface area contributed by atoms with Gasteiger partial charge < -0.3 is 39.3 Å². The highest BCUT2D eigenvalue weighted by molar-refractivity contribution is 8.44. The minimum atomic E-state index is -4.43. The van der Waals surface area contributed by atoms with Gasteiger partial charge in [-0.15, -0.1) is 0 Å². The van der Waals surface area contributed by atoms with Gasteiger partial charge in [-0.3, -0.25) is 22.9 Å². The van der Waals surface area contributed by atoms with Crippen LogP contribution in [0.1, 0.15) is 12.5 Å². The lowest BCUT2D eigenvalue weighted by Crippen LogP contribution is -2.35. The Morgan fingerprint density at radius 1 is 1.07 bits per heavy atom. The number of H-pyrrole nitrogens is 1. The molecule has 3 aliphatic heterocycles. The number of thiol groups is 1. The number of nitrogen functional groups attached to an aromatic ring is 1. The molecule has 24 heteroatoms. The standard InChI is InChI=1S/C21H22F2N8O10P2S2/c22-7-1-30(17-10(7)19(33)28-5-26-17)21-15-13(32)8(38-21)2-36-42(34,44)40-14-9(3-37-43(35,45)41-15)39-20(11(14)23)31-6-29-12-16(24)25-4-27-18(12)31/h1,4-6,8-9,11,13-15,20-21,32H,2-3H2,(H,34,44)(H,35,45)(H2,24,25,27)(H,26,28,33). The molecule has 7 heterocycles. The minimum Gasteiger partial charge on any atom is -0.387 e. The zero-order valence-electron chi connectivity index (χ0n) is 22.3. The normalized spacial score (nSPS) is 37.7. The number of aromatic nitrogens is 7. The van der Waals surface area contributed by atoms with Crippen molar-refractivity contribution < 1.29 is 50.9 Å². The van der Waals surface area contributed by atoms with Crippen LogP contribution in [0, 0.1) is 5.82 Å². The van der Waals surface area contributed by atoms with Gasteiger partial charge in [0.25, 0.3) is 5.56 Å². The van der Waals surface area contributed by atoms with Gasteiger partial charge in [0, 0.05) is 6.20 Å². The Labute approximate surface area is 259 Å². The summed E-state index contributed by atoms with van der Waals surface area (Å²) in [5.41, 5.74) is 5.18. The molecule has 242 valence electrons.